The molecule has 0 spiro atoms. The van der Waals surface area contributed by atoms with Crippen molar-refractivity contribution in [2.24, 2.45) is 0 Å². The third kappa shape index (κ3) is 6.21. The van der Waals surface area contributed by atoms with E-state index in [4.69, 9.17) is 0 Å². The van der Waals surface area contributed by atoms with E-state index in [1.165, 1.54) is 4.31 Å². The predicted molar refractivity (Wildman–Crippen MR) is 87.1 cm³/mol. The third-order valence-electron chi connectivity index (χ3n) is 2.68. The van der Waals surface area contributed by atoms with E-state index in [1.807, 2.05) is 6.07 Å². The highest BCUT2D eigenvalue weighted by Crippen LogP contribution is 2.17. The molecule has 20 heavy (non-hydrogen) atoms. The predicted octanol–water partition coefficient (Wildman–Crippen LogP) is 2.43. The second-order valence-electron chi connectivity index (χ2n) is 4.90. The van der Waals surface area contributed by atoms with Crippen LogP contribution in [-0.2, 0) is 10.2 Å². The van der Waals surface area contributed by atoms with Crippen LogP contribution < -0.4 is 10.0 Å². The highest BCUT2D eigenvalue weighted by Gasteiger charge is 2.17. The van der Waals surface area contributed by atoms with Crippen molar-refractivity contribution in [3.05, 3.63) is 28.7 Å². The lowest BCUT2D eigenvalue weighted by atomic mass is 10.3. The van der Waals surface area contributed by atoms with Gasteiger partial charge in [0.1, 0.15) is 0 Å². The molecule has 1 rings (SSSR count). The second-order valence-corrected chi connectivity index (χ2v) is 7.59. The molecule has 0 unspecified atom stereocenters. The van der Waals surface area contributed by atoms with Gasteiger partial charge in [-0.1, -0.05) is 35.8 Å². The molecular weight excluding hydrogens is 342 g/mol. The number of hydrogen-bond donors (Lipinski definition) is 2. The number of benzene rings is 1. The molecule has 0 heterocycles. The molecule has 0 radical (unpaired) electrons. The van der Waals surface area contributed by atoms with E-state index in [2.05, 4.69) is 39.8 Å². The van der Waals surface area contributed by atoms with E-state index < -0.39 is 10.2 Å². The molecule has 7 heteroatoms. The van der Waals surface area contributed by atoms with E-state index in [9.17, 15) is 8.42 Å². The Balaban J connectivity index is 2.51. The Kier molecular flexibility index (Phi) is 6.94. The first-order valence-electron chi connectivity index (χ1n) is 6.54. The summed E-state index contributed by atoms with van der Waals surface area (Å²) in [5.41, 5.74) is 0.548. The summed E-state index contributed by atoms with van der Waals surface area (Å²) in [5.74, 6) is 0. The van der Waals surface area contributed by atoms with E-state index >= 15 is 0 Å². The Bertz CT molecular complexity index is 520. The van der Waals surface area contributed by atoms with Gasteiger partial charge in [0, 0.05) is 24.1 Å². The summed E-state index contributed by atoms with van der Waals surface area (Å²) in [6, 6.07) is 7.49. The first-order chi connectivity index (χ1) is 9.31. The fourth-order valence-corrected chi connectivity index (χ4v) is 2.94. The number of halogens is 1. The van der Waals surface area contributed by atoms with Crippen molar-refractivity contribution in [3.8, 4) is 0 Å². The molecule has 1 aromatic carbocycles. The largest absolute Gasteiger partial charge is 0.314 e. The fraction of sp³-hybridized carbons (Fsp3) is 0.538. The van der Waals surface area contributed by atoms with Gasteiger partial charge in [-0.3, -0.25) is 4.72 Å². The van der Waals surface area contributed by atoms with E-state index in [0.717, 1.165) is 17.4 Å². The average Bonchev–Trinajstić information content (AvgIpc) is 2.33. The van der Waals surface area contributed by atoms with Crippen molar-refractivity contribution in [2.45, 2.75) is 26.3 Å². The maximum absolute atomic E-state index is 12.1. The number of rotatable bonds is 8. The van der Waals surface area contributed by atoms with Crippen LogP contribution in [0, 0.1) is 0 Å². The molecular formula is C13H22BrN3O2S. The second kappa shape index (κ2) is 7.97. The van der Waals surface area contributed by atoms with Gasteiger partial charge in [-0.15, -0.1) is 0 Å². The van der Waals surface area contributed by atoms with Crippen molar-refractivity contribution in [1.29, 1.82) is 0 Å². The zero-order valence-corrected chi connectivity index (χ0v) is 14.5. The molecule has 5 nitrogen and oxygen atoms in total. The maximum Gasteiger partial charge on any atom is 0.301 e. The highest BCUT2D eigenvalue weighted by molar-refractivity contribution is 9.10. The molecule has 0 aliphatic heterocycles. The molecule has 0 bridgehead atoms. The molecule has 0 aliphatic rings. The zero-order valence-electron chi connectivity index (χ0n) is 12.1. The summed E-state index contributed by atoms with van der Waals surface area (Å²) in [5, 5.41) is 3.26. The van der Waals surface area contributed by atoms with Gasteiger partial charge in [-0.05, 0) is 31.2 Å². The van der Waals surface area contributed by atoms with Gasteiger partial charge in [0.25, 0.3) is 0 Å². The van der Waals surface area contributed by atoms with Crippen LogP contribution in [0.3, 0.4) is 0 Å². The number of hydrogen-bond acceptors (Lipinski definition) is 3. The summed E-state index contributed by atoms with van der Waals surface area (Å²) in [7, 11) is -1.92. The van der Waals surface area contributed by atoms with E-state index in [-0.39, 0.29) is 0 Å². The van der Waals surface area contributed by atoms with Crippen molar-refractivity contribution < 1.29 is 8.42 Å². The van der Waals surface area contributed by atoms with Crippen LogP contribution in [0.5, 0.6) is 0 Å². The minimum Gasteiger partial charge on any atom is -0.314 e. The molecule has 2 N–H and O–H groups in total. The smallest absolute Gasteiger partial charge is 0.301 e. The van der Waals surface area contributed by atoms with Crippen molar-refractivity contribution in [3.63, 3.8) is 0 Å². The van der Waals surface area contributed by atoms with Gasteiger partial charge in [0.2, 0.25) is 0 Å². The fourth-order valence-electron chi connectivity index (χ4n) is 1.59. The van der Waals surface area contributed by atoms with E-state index in [0.29, 0.717) is 18.3 Å². The monoisotopic (exact) mass is 363 g/mol. The topological polar surface area (TPSA) is 61.4 Å². The van der Waals surface area contributed by atoms with Crippen LogP contribution in [0.15, 0.2) is 28.7 Å². The van der Waals surface area contributed by atoms with Crippen LogP contribution in [0.1, 0.15) is 20.3 Å². The van der Waals surface area contributed by atoms with Gasteiger partial charge in [0.15, 0.2) is 0 Å². The summed E-state index contributed by atoms with van der Waals surface area (Å²) in [6.07, 6.45) is 0.772. The molecule has 0 fully saturated rings. The normalized spacial score (nSPS) is 12.1. The molecule has 0 amide bonds. The molecule has 1 aromatic rings. The third-order valence-corrected chi connectivity index (χ3v) is 4.67. The summed E-state index contributed by atoms with van der Waals surface area (Å²) < 4.78 is 29.0. The first-order valence-corrected chi connectivity index (χ1v) is 8.77. The van der Waals surface area contributed by atoms with Crippen LogP contribution in [0.25, 0.3) is 0 Å². The number of nitrogens with zero attached hydrogens (tertiary/aromatic N) is 1. The standard InChI is InChI=1S/C13H22BrN3O2S/c1-11(2)15-8-5-9-17(3)20(18,19)16-13-7-4-6-12(14)10-13/h4,6-7,10-11,15-16H,5,8-9H2,1-3H3. The van der Waals surface area contributed by atoms with Crippen molar-refractivity contribution >= 4 is 31.8 Å². The van der Waals surface area contributed by atoms with Gasteiger partial charge in [-0.25, -0.2) is 0 Å². The minimum absolute atomic E-state index is 0.414. The summed E-state index contributed by atoms with van der Waals surface area (Å²) in [4.78, 5) is 0. The first kappa shape index (κ1) is 17.4. The van der Waals surface area contributed by atoms with E-state index in [1.54, 1.807) is 25.2 Å². The number of nitrogens with one attached hydrogen (secondary N) is 2. The van der Waals surface area contributed by atoms with Gasteiger partial charge < -0.3 is 5.32 Å². The molecule has 0 atom stereocenters. The lowest BCUT2D eigenvalue weighted by Crippen LogP contribution is -2.35. The van der Waals surface area contributed by atoms with Crippen molar-refractivity contribution in [2.75, 3.05) is 24.9 Å². The van der Waals surface area contributed by atoms with Crippen LogP contribution in [0.2, 0.25) is 0 Å². The Labute approximate surface area is 130 Å². The van der Waals surface area contributed by atoms with Crippen molar-refractivity contribution in [1.82, 2.24) is 9.62 Å². The molecule has 0 saturated heterocycles. The van der Waals surface area contributed by atoms with Gasteiger partial charge in [-0.2, -0.15) is 12.7 Å². The Morgan fingerprint density at radius 3 is 2.65 bits per heavy atom. The molecule has 0 aliphatic carbocycles. The van der Waals surface area contributed by atoms with Gasteiger partial charge >= 0.3 is 10.2 Å². The molecule has 0 saturated carbocycles. The van der Waals surface area contributed by atoms with Crippen LogP contribution in [-0.4, -0.2) is 38.9 Å². The van der Waals surface area contributed by atoms with Gasteiger partial charge in [0.05, 0.1) is 5.69 Å². The molecule has 114 valence electrons. The molecule has 0 aromatic heterocycles. The maximum atomic E-state index is 12.1. The SMILES string of the molecule is CC(C)NCCCN(C)S(=O)(=O)Nc1cccc(Br)c1. The minimum atomic E-state index is -3.50. The Hall–Kier alpha value is -0.630. The van der Waals surface area contributed by atoms with Crippen LogP contribution >= 0.6 is 15.9 Å². The lowest BCUT2D eigenvalue weighted by Gasteiger charge is -2.18. The highest BCUT2D eigenvalue weighted by atomic mass is 79.9. The number of anilines is 1. The van der Waals surface area contributed by atoms with Crippen LogP contribution in [0.4, 0.5) is 5.69 Å². The summed E-state index contributed by atoms with van der Waals surface area (Å²) >= 11 is 3.31. The lowest BCUT2D eigenvalue weighted by molar-refractivity contribution is 0.451. The Morgan fingerprint density at radius 1 is 1.35 bits per heavy atom. The Morgan fingerprint density at radius 2 is 2.05 bits per heavy atom. The summed E-state index contributed by atoms with van der Waals surface area (Å²) in [6.45, 7) is 5.40. The quantitative estimate of drug-likeness (QED) is 0.697. The average molecular weight is 364 g/mol. The zero-order chi connectivity index (χ0) is 15.2.